The summed E-state index contributed by atoms with van der Waals surface area (Å²) < 4.78 is 18.4. The Morgan fingerprint density at radius 2 is 2.04 bits per heavy atom. The molecule has 156 valence electrons. The third kappa shape index (κ3) is 5.23. The third-order valence-electron chi connectivity index (χ3n) is 4.99. The van der Waals surface area contributed by atoms with Crippen LogP contribution in [0.4, 0.5) is 5.82 Å². The molecule has 0 aliphatic carbocycles. The number of aryl methyl sites for hydroxylation is 1. The quantitative estimate of drug-likeness (QED) is 0.559. The lowest BCUT2D eigenvalue weighted by Crippen LogP contribution is -2.28. The van der Waals surface area contributed by atoms with Gasteiger partial charge in [0.2, 0.25) is 0 Å². The number of nitrogen functional groups attached to an aromatic ring is 1. The van der Waals surface area contributed by atoms with Crippen molar-refractivity contribution in [1.29, 1.82) is 0 Å². The molecule has 0 radical (unpaired) electrons. The van der Waals surface area contributed by atoms with E-state index in [1.807, 2.05) is 4.57 Å². The lowest BCUT2D eigenvalue weighted by molar-refractivity contribution is 0.0663. The molecule has 1 fully saturated rings. The highest BCUT2D eigenvalue weighted by Gasteiger charge is 2.18. The number of nitrogens with two attached hydrogens (primary N) is 1. The highest BCUT2D eigenvalue weighted by molar-refractivity contribution is 5.83. The van der Waals surface area contributed by atoms with E-state index in [2.05, 4.69) is 27.2 Å². The normalized spacial score (nSPS) is 15.2. The zero-order valence-corrected chi connectivity index (χ0v) is 16.9. The second-order valence-electron chi connectivity index (χ2n) is 7.13. The standard InChI is InChI=1S/C19H32N6O3/c1-3-4-10-28-18-23-16(20)15-17(24-18)25(19(22-15)26-2)9-5-8-21-13-14-6-11-27-12-7-14/h14,21H,3-13H2,1-2H3,(H2,20,23,24). The van der Waals surface area contributed by atoms with Crippen LogP contribution in [0.3, 0.4) is 0 Å². The molecule has 0 saturated carbocycles. The Bertz CT molecular complexity index is 745. The number of nitrogens with one attached hydrogen (secondary N) is 1. The minimum Gasteiger partial charge on any atom is -0.468 e. The Balaban J connectivity index is 1.61. The van der Waals surface area contributed by atoms with E-state index in [4.69, 9.17) is 19.9 Å². The fourth-order valence-corrected chi connectivity index (χ4v) is 3.33. The zero-order chi connectivity index (χ0) is 19.8. The minimum atomic E-state index is 0.292. The smallest absolute Gasteiger partial charge is 0.320 e. The SMILES string of the molecule is CCCCOc1nc(N)c2nc(OC)n(CCCNCC3CCOCC3)c2n1. The van der Waals surface area contributed by atoms with Crippen LogP contribution in [0, 0.1) is 5.92 Å². The molecule has 2 aromatic heterocycles. The number of imidazole rings is 1. The molecule has 2 aromatic rings. The van der Waals surface area contributed by atoms with Crippen LogP contribution in [0.2, 0.25) is 0 Å². The van der Waals surface area contributed by atoms with Crippen molar-refractivity contribution in [3.63, 3.8) is 0 Å². The fraction of sp³-hybridized carbons (Fsp3) is 0.737. The molecular formula is C19H32N6O3. The van der Waals surface area contributed by atoms with Gasteiger partial charge in [0.25, 0.3) is 6.01 Å². The molecule has 1 aliphatic rings. The highest BCUT2D eigenvalue weighted by Crippen LogP contribution is 2.25. The van der Waals surface area contributed by atoms with E-state index in [1.165, 1.54) is 0 Å². The fourth-order valence-electron chi connectivity index (χ4n) is 3.33. The van der Waals surface area contributed by atoms with E-state index < -0.39 is 0 Å². The molecule has 3 heterocycles. The van der Waals surface area contributed by atoms with Crippen LogP contribution < -0.4 is 20.5 Å². The second-order valence-corrected chi connectivity index (χ2v) is 7.13. The highest BCUT2D eigenvalue weighted by atomic mass is 16.5. The predicted molar refractivity (Wildman–Crippen MR) is 108 cm³/mol. The summed E-state index contributed by atoms with van der Waals surface area (Å²) in [5.41, 5.74) is 7.28. The van der Waals surface area contributed by atoms with Crippen molar-refractivity contribution in [2.24, 2.45) is 5.92 Å². The Hall–Kier alpha value is -2.13. The maximum Gasteiger partial charge on any atom is 0.320 e. The lowest BCUT2D eigenvalue weighted by Gasteiger charge is -2.22. The van der Waals surface area contributed by atoms with Crippen LogP contribution >= 0.6 is 0 Å². The van der Waals surface area contributed by atoms with E-state index in [-0.39, 0.29) is 0 Å². The van der Waals surface area contributed by atoms with Gasteiger partial charge >= 0.3 is 6.01 Å². The zero-order valence-electron chi connectivity index (χ0n) is 16.9. The van der Waals surface area contributed by atoms with Crippen molar-refractivity contribution in [1.82, 2.24) is 24.8 Å². The van der Waals surface area contributed by atoms with Gasteiger partial charge in [-0.15, -0.1) is 0 Å². The van der Waals surface area contributed by atoms with Gasteiger partial charge in [0.05, 0.1) is 13.7 Å². The van der Waals surface area contributed by atoms with Gasteiger partial charge in [-0.2, -0.15) is 15.0 Å². The van der Waals surface area contributed by atoms with Crippen molar-refractivity contribution in [2.75, 3.05) is 45.8 Å². The number of unbranched alkanes of at least 4 members (excludes halogenated alkanes) is 1. The lowest BCUT2D eigenvalue weighted by atomic mass is 10.0. The molecule has 0 amide bonds. The van der Waals surface area contributed by atoms with Crippen LogP contribution in [0.15, 0.2) is 0 Å². The van der Waals surface area contributed by atoms with E-state index in [1.54, 1.807) is 7.11 Å². The molecule has 1 saturated heterocycles. The van der Waals surface area contributed by atoms with E-state index >= 15 is 0 Å². The molecule has 1 aliphatic heterocycles. The first kappa shape index (κ1) is 20.6. The van der Waals surface area contributed by atoms with E-state index in [0.717, 1.165) is 65.0 Å². The van der Waals surface area contributed by atoms with Gasteiger partial charge in [0, 0.05) is 19.8 Å². The van der Waals surface area contributed by atoms with Crippen molar-refractivity contribution in [3.05, 3.63) is 0 Å². The van der Waals surface area contributed by atoms with Gasteiger partial charge in [0.1, 0.15) is 0 Å². The van der Waals surface area contributed by atoms with Crippen LogP contribution in [0.1, 0.15) is 39.0 Å². The Morgan fingerprint density at radius 3 is 2.79 bits per heavy atom. The molecule has 0 unspecified atom stereocenters. The average molecular weight is 393 g/mol. The third-order valence-corrected chi connectivity index (χ3v) is 4.99. The van der Waals surface area contributed by atoms with Crippen LogP contribution in [0.25, 0.3) is 11.2 Å². The number of fused-ring (bicyclic) bond motifs is 1. The first-order chi connectivity index (χ1) is 13.7. The van der Waals surface area contributed by atoms with Crippen molar-refractivity contribution >= 4 is 17.0 Å². The van der Waals surface area contributed by atoms with Crippen LogP contribution in [-0.2, 0) is 11.3 Å². The van der Waals surface area contributed by atoms with Gasteiger partial charge in [0.15, 0.2) is 17.0 Å². The molecule has 3 rings (SSSR count). The summed E-state index contributed by atoms with van der Waals surface area (Å²) in [6.07, 6.45) is 5.21. The summed E-state index contributed by atoms with van der Waals surface area (Å²) in [7, 11) is 1.60. The summed E-state index contributed by atoms with van der Waals surface area (Å²) in [4.78, 5) is 13.2. The first-order valence-electron chi connectivity index (χ1n) is 10.2. The largest absolute Gasteiger partial charge is 0.468 e. The summed E-state index contributed by atoms with van der Waals surface area (Å²) in [6.45, 7) is 7.13. The Labute approximate surface area is 166 Å². The van der Waals surface area contributed by atoms with E-state index in [0.29, 0.717) is 41.5 Å². The number of methoxy groups -OCH3 is 1. The van der Waals surface area contributed by atoms with Crippen molar-refractivity contribution in [3.8, 4) is 12.0 Å². The topological polar surface area (TPSA) is 109 Å². The van der Waals surface area contributed by atoms with Crippen LogP contribution in [-0.4, -0.2) is 59.5 Å². The number of nitrogens with zero attached hydrogens (tertiary/aromatic N) is 4. The van der Waals surface area contributed by atoms with E-state index in [9.17, 15) is 0 Å². The summed E-state index contributed by atoms with van der Waals surface area (Å²) >= 11 is 0. The first-order valence-corrected chi connectivity index (χ1v) is 10.2. The molecule has 9 nitrogen and oxygen atoms in total. The van der Waals surface area contributed by atoms with Gasteiger partial charge in [-0.1, -0.05) is 13.3 Å². The van der Waals surface area contributed by atoms with Crippen LogP contribution in [0.5, 0.6) is 12.0 Å². The number of hydrogen-bond acceptors (Lipinski definition) is 8. The number of aromatic nitrogens is 4. The number of ether oxygens (including phenoxy) is 3. The summed E-state index contributed by atoms with van der Waals surface area (Å²) in [5.74, 6) is 1.03. The van der Waals surface area contributed by atoms with Gasteiger partial charge in [-0.3, -0.25) is 4.57 Å². The second kappa shape index (κ2) is 10.4. The monoisotopic (exact) mass is 392 g/mol. The van der Waals surface area contributed by atoms with Gasteiger partial charge in [-0.05, 0) is 44.7 Å². The number of hydrogen-bond donors (Lipinski definition) is 2. The molecule has 9 heteroatoms. The maximum atomic E-state index is 6.07. The van der Waals surface area contributed by atoms with Crippen molar-refractivity contribution in [2.45, 2.75) is 45.6 Å². The number of anilines is 1. The molecule has 28 heavy (non-hydrogen) atoms. The molecule has 0 bridgehead atoms. The minimum absolute atomic E-state index is 0.292. The summed E-state index contributed by atoms with van der Waals surface area (Å²) in [6, 6.07) is 0.783. The van der Waals surface area contributed by atoms with Crippen molar-refractivity contribution < 1.29 is 14.2 Å². The molecule has 0 aromatic carbocycles. The molecule has 0 atom stereocenters. The average Bonchev–Trinajstić information content (AvgIpc) is 3.07. The van der Waals surface area contributed by atoms with Gasteiger partial charge < -0.3 is 25.3 Å². The predicted octanol–water partition coefficient (Wildman–Crippen LogP) is 2.00. The molecule has 3 N–H and O–H groups in total. The molecular weight excluding hydrogens is 360 g/mol. The molecule has 0 spiro atoms. The number of rotatable bonds is 11. The maximum absolute atomic E-state index is 6.07. The Kier molecular flexibility index (Phi) is 7.67. The summed E-state index contributed by atoms with van der Waals surface area (Å²) in [5, 5.41) is 3.55. The van der Waals surface area contributed by atoms with Gasteiger partial charge in [-0.25, -0.2) is 0 Å². The Morgan fingerprint density at radius 1 is 1.21 bits per heavy atom.